The van der Waals surface area contributed by atoms with Crippen molar-refractivity contribution < 1.29 is 4.74 Å². The fourth-order valence-corrected chi connectivity index (χ4v) is 2.16. The lowest BCUT2D eigenvalue weighted by atomic mass is 9.82. The Bertz CT molecular complexity index is 458. The van der Waals surface area contributed by atoms with Gasteiger partial charge in [-0.15, -0.1) is 0 Å². The number of nitrogens with zero attached hydrogens (tertiary/aromatic N) is 2. The first-order chi connectivity index (χ1) is 8.13. The Labute approximate surface area is 101 Å². The molecule has 2 rings (SSSR count). The lowest BCUT2D eigenvalue weighted by Gasteiger charge is -2.34. The van der Waals surface area contributed by atoms with Crippen LogP contribution in [0.1, 0.15) is 29.8 Å². The fourth-order valence-electron chi connectivity index (χ4n) is 2.16. The second-order valence-corrected chi connectivity index (χ2v) is 4.65. The van der Waals surface area contributed by atoms with Gasteiger partial charge in [-0.25, -0.2) is 0 Å². The van der Waals surface area contributed by atoms with E-state index in [0.29, 0.717) is 17.2 Å². The van der Waals surface area contributed by atoms with Gasteiger partial charge in [-0.05, 0) is 39.2 Å². The number of nitriles is 1. The van der Waals surface area contributed by atoms with Crippen LogP contribution in [0.15, 0.2) is 6.07 Å². The maximum atomic E-state index is 9.10. The van der Waals surface area contributed by atoms with Crippen molar-refractivity contribution >= 4 is 0 Å². The molecule has 1 aromatic rings. The first-order valence-electron chi connectivity index (χ1n) is 5.89. The second-order valence-electron chi connectivity index (χ2n) is 4.65. The van der Waals surface area contributed by atoms with Crippen LogP contribution in [0, 0.1) is 31.1 Å². The third-order valence-corrected chi connectivity index (χ3v) is 3.22. The molecule has 0 atom stereocenters. The monoisotopic (exact) mass is 231 g/mol. The summed E-state index contributed by atoms with van der Waals surface area (Å²) in [6.45, 7) is 4.46. The van der Waals surface area contributed by atoms with Crippen LogP contribution in [0.2, 0.25) is 0 Å². The van der Waals surface area contributed by atoms with E-state index in [0.717, 1.165) is 30.8 Å². The Morgan fingerprint density at radius 3 is 2.82 bits per heavy atom. The molecule has 1 aliphatic rings. The molecule has 17 heavy (non-hydrogen) atoms. The van der Waals surface area contributed by atoms with Crippen molar-refractivity contribution in [3.63, 3.8) is 0 Å². The van der Waals surface area contributed by atoms with Gasteiger partial charge in [0.2, 0.25) is 0 Å². The molecule has 1 fully saturated rings. The number of rotatable bonds is 3. The van der Waals surface area contributed by atoms with Gasteiger partial charge in [-0.3, -0.25) is 4.98 Å². The molecule has 90 valence electrons. The Kier molecular flexibility index (Phi) is 3.30. The maximum absolute atomic E-state index is 9.10. The van der Waals surface area contributed by atoms with Gasteiger partial charge in [0.1, 0.15) is 17.4 Å². The Hall–Kier alpha value is -1.60. The topological polar surface area (TPSA) is 71.9 Å². The summed E-state index contributed by atoms with van der Waals surface area (Å²) in [5, 5.41) is 9.10. The summed E-state index contributed by atoms with van der Waals surface area (Å²) < 4.78 is 5.85. The molecule has 0 aliphatic heterocycles. The van der Waals surface area contributed by atoms with Gasteiger partial charge >= 0.3 is 0 Å². The standard InChI is InChI=1S/C13H17N3O/c1-8-3-13(12(7-15)9(2)16-8)17-11-4-10(5-11)6-14/h3,10-11H,4-6,14H2,1-2H3. The predicted molar refractivity (Wildman–Crippen MR) is 64.6 cm³/mol. The molecular weight excluding hydrogens is 214 g/mol. The predicted octanol–water partition coefficient (Wildman–Crippen LogP) is 1.69. The largest absolute Gasteiger partial charge is 0.489 e. The Balaban J connectivity index is 2.13. The number of ether oxygens (including phenoxy) is 1. The third-order valence-electron chi connectivity index (χ3n) is 3.22. The molecule has 0 radical (unpaired) electrons. The van der Waals surface area contributed by atoms with Crippen LogP contribution < -0.4 is 10.5 Å². The summed E-state index contributed by atoms with van der Waals surface area (Å²) >= 11 is 0. The zero-order chi connectivity index (χ0) is 12.4. The smallest absolute Gasteiger partial charge is 0.141 e. The van der Waals surface area contributed by atoms with E-state index in [2.05, 4.69) is 11.1 Å². The van der Waals surface area contributed by atoms with Gasteiger partial charge in [0.05, 0.1) is 11.8 Å². The van der Waals surface area contributed by atoms with E-state index in [1.54, 1.807) is 0 Å². The molecular formula is C13H17N3O. The summed E-state index contributed by atoms with van der Waals surface area (Å²) in [7, 11) is 0. The second kappa shape index (κ2) is 4.72. The summed E-state index contributed by atoms with van der Waals surface area (Å²) in [6, 6.07) is 3.99. The number of aryl methyl sites for hydroxylation is 2. The van der Waals surface area contributed by atoms with Crippen LogP contribution in [0.25, 0.3) is 0 Å². The zero-order valence-corrected chi connectivity index (χ0v) is 10.2. The SMILES string of the molecule is Cc1cc(OC2CC(CN)C2)c(C#N)c(C)n1. The average molecular weight is 231 g/mol. The Morgan fingerprint density at radius 1 is 1.53 bits per heavy atom. The van der Waals surface area contributed by atoms with Crippen molar-refractivity contribution in [1.82, 2.24) is 4.98 Å². The lowest BCUT2D eigenvalue weighted by molar-refractivity contribution is 0.0686. The van der Waals surface area contributed by atoms with E-state index in [1.165, 1.54) is 0 Å². The molecule has 0 unspecified atom stereocenters. The molecule has 1 heterocycles. The molecule has 1 saturated carbocycles. The molecule has 0 bridgehead atoms. The van der Waals surface area contributed by atoms with E-state index in [4.69, 9.17) is 15.7 Å². The van der Waals surface area contributed by atoms with E-state index < -0.39 is 0 Å². The van der Waals surface area contributed by atoms with Gasteiger partial charge < -0.3 is 10.5 Å². The normalized spacial score (nSPS) is 22.7. The van der Waals surface area contributed by atoms with E-state index in [-0.39, 0.29) is 6.10 Å². The van der Waals surface area contributed by atoms with Crippen molar-refractivity contribution in [2.75, 3.05) is 6.54 Å². The summed E-state index contributed by atoms with van der Waals surface area (Å²) in [6.07, 6.45) is 2.18. The van der Waals surface area contributed by atoms with Crippen LogP contribution in [-0.2, 0) is 0 Å². The first-order valence-corrected chi connectivity index (χ1v) is 5.89. The maximum Gasteiger partial charge on any atom is 0.141 e. The average Bonchev–Trinajstić information content (AvgIpc) is 2.22. The molecule has 1 aliphatic carbocycles. The van der Waals surface area contributed by atoms with Crippen LogP contribution >= 0.6 is 0 Å². The van der Waals surface area contributed by atoms with E-state index in [9.17, 15) is 0 Å². The highest BCUT2D eigenvalue weighted by Gasteiger charge is 2.30. The van der Waals surface area contributed by atoms with Gasteiger partial charge in [0.25, 0.3) is 0 Å². The summed E-state index contributed by atoms with van der Waals surface area (Å²) in [5.74, 6) is 1.24. The minimum absolute atomic E-state index is 0.205. The van der Waals surface area contributed by atoms with Crippen molar-refractivity contribution in [2.45, 2.75) is 32.8 Å². The molecule has 0 aromatic carbocycles. The molecule has 0 saturated heterocycles. The quantitative estimate of drug-likeness (QED) is 0.859. The van der Waals surface area contributed by atoms with Crippen LogP contribution in [0.5, 0.6) is 5.75 Å². The molecule has 2 N–H and O–H groups in total. The number of nitrogens with two attached hydrogens (primary N) is 1. The van der Waals surface area contributed by atoms with Gasteiger partial charge in [-0.1, -0.05) is 0 Å². The van der Waals surface area contributed by atoms with Crippen LogP contribution in [-0.4, -0.2) is 17.6 Å². The van der Waals surface area contributed by atoms with Crippen molar-refractivity contribution in [3.05, 3.63) is 23.0 Å². The molecule has 4 heteroatoms. The van der Waals surface area contributed by atoms with Crippen molar-refractivity contribution in [3.8, 4) is 11.8 Å². The van der Waals surface area contributed by atoms with Crippen LogP contribution in [0.3, 0.4) is 0 Å². The van der Waals surface area contributed by atoms with Crippen molar-refractivity contribution in [1.29, 1.82) is 5.26 Å². The number of hydrogen-bond acceptors (Lipinski definition) is 4. The minimum atomic E-state index is 0.205. The third kappa shape index (κ3) is 2.40. The molecule has 4 nitrogen and oxygen atoms in total. The lowest BCUT2D eigenvalue weighted by Crippen LogP contribution is -2.37. The van der Waals surface area contributed by atoms with E-state index >= 15 is 0 Å². The molecule has 1 aromatic heterocycles. The number of pyridine rings is 1. The van der Waals surface area contributed by atoms with Crippen molar-refractivity contribution in [2.24, 2.45) is 11.7 Å². The highest BCUT2D eigenvalue weighted by Crippen LogP contribution is 2.32. The molecule has 0 amide bonds. The van der Waals surface area contributed by atoms with E-state index in [1.807, 2.05) is 19.9 Å². The van der Waals surface area contributed by atoms with Gasteiger partial charge in [0.15, 0.2) is 0 Å². The number of hydrogen-bond donors (Lipinski definition) is 1. The van der Waals surface area contributed by atoms with Gasteiger partial charge in [-0.2, -0.15) is 5.26 Å². The zero-order valence-electron chi connectivity index (χ0n) is 10.2. The molecule has 0 spiro atoms. The highest BCUT2D eigenvalue weighted by atomic mass is 16.5. The fraction of sp³-hybridized carbons (Fsp3) is 0.538. The minimum Gasteiger partial charge on any atom is -0.489 e. The van der Waals surface area contributed by atoms with Crippen LogP contribution in [0.4, 0.5) is 0 Å². The number of aromatic nitrogens is 1. The first kappa shape index (κ1) is 11.9. The Morgan fingerprint density at radius 2 is 2.24 bits per heavy atom. The summed E-state index contributed by atoms with van der Waals surface area (Å²) in [5.41, 5.74) is 7.74. The highest BCUT2D eigenvalue weighted by molar-refractivity contribution is 5.46. The summed E-state index contributed by atoms with van der Waals surface area (Å²) in [4.78, 5) is 4.26. The van der Waals surface area contributed by atoms with Gasteiger partial charge in [0, 0.05) is 11.8 Å².